The fourth-order valence-corrected chi connectivity index (χ4v) is 1.70. The first-order valence-corrected chi connectivity index (χ1v) is 5.90. The molecular formula is C16H14O3. The Labute approximate surface area is 111 Å². The molecule has 0 aliphatic carbocycles. The van der Waals surface area contributed by atoms with Crippen molar-refractivity contribution in [3.63, 3.8) is 0 Å². The van der Waals surface area contributed by atoms with E-state index in [4.69, 9.17) is 9.84 Å². The molecule has 3 nitrogen and oxygen atoms in total. The second kappa shape index (κ2) is 5.87. The maximum atomic E-state index is 10.7. The maximum Gasteiger partial charge on any atom is 0.328 e. The summed E-state index contributed by atoms with van der Waals surface area (Å²) in [4.78, 5) is 10.7. The first-order valence-electron chi connectivity index (χ1n) is 5.90. The topological polar surface area (TPSA) is 46.5 Å². The van der Waals surface area contributed by atoms with Gasteiger partial charge in [-0.05, 0) is 42.3 Å². The number of aliphatic carboxylic acids is 1. The standard InChI is InChI=1S/C16H14O3/c1-12(10-16(17)18)13-6-5-9-15(11-13)19-14-7-3-2-4-8-14/h2-11H,1H3,(H,17,18). The summed E-state index contributed by atoms with van der Waals surface area (Å²) >= 11 is 0. The Hall–Kier alpha value is -2.55. The molecule has 2 aromatic carbocycles. The zero-order valence-corrected chi connectivity index (χ0v) is 10.5. The van der Waals surface area contributed by atoms with E-state index in [1.165, 1.54) is 6.08 Å². The van der Waals surface area contributed by atoms with Crippen molar-refractivity contribution in [1.82, 2.24) is 0 Å². The van der Waals surface area contributed by atoms with Gasteiger partial charge in [-0.15, -0.1) is 0 Å². The molecule has 0 saturated heterocycles. The van der Waals surface area contributed by atoms with Gasteiger partial charge in [0, 0.05) is 6.08 Å². The Bertz CT molecular complexity index is 600. The van der Waals surface area contributed by atoms with Gasteiger partial charge in [0.25, 0.3) is 0 Å². The Morgan fingerprint density at radius 3 is 2.42 bits per heavy atom. The lowest BCUT2D eigenvalue weighted by molar-refractivity contribution is -0.131. The van der Waals surface area contributed by atoms with Crippen molar-refractivity contribution >= 4 is 11.5 Å². The lowest BCUT2D eigenvalue weighted by atomic mass is 10.1. The van der Waals surface area contributed by atoms with Crippen LogP contribution in [0.5, 0.6) is 11.5 Å². The molecule has 0 fully saturated rings. The molecule has 3 heteroatoms. The summed E-state index contributed by atoms with van der Waals surface area (Å²) < 4.78 is 5.70. The van der Waals surface area contributed by atoms with Gasteiger partial charge in [-0.1, -0.05) is 30.3 Å². The molecule has 0 bridgehead atoms. The van der Waals surface area contributed by atoms with Gasteiger partial charge in [-0.3, -0.25) is 0 Å². The monoisotopic (exact) mass is 254 g/mol. The Kier molecular flexibility index (Phi) is 3.98. The molecule has 0 aliphatic heterocycles. The van der Waals surface area contributed by atoms with Crippen molar-refractivity contribution < 1.29 is 14.6 Å². The van der Waals surface area contributed by atoms with Crippen LogP contribution in [0.1, 0.15) is 12.5 Å². The minimum absolute atomic E-state index is 0.682. The van der Waals surface area contributed by atoms with Crippen molar-refractivity contribution in [2.45, 2.75) is 6.92 Å². The predicted molar refractivity (Wildman–Crippen MR) is 74.2 cm³/mol. The molecule has 1 N–H and O–H groups in total. The molecule has 0 amide bonds. The van der Waals surface area contributed by atoms with E-state index >= 15 is 0 Å². The molecule has 0 unspecified atom stereocenters. The summed E-state index contributed by atoms with van der Waals surface area (Å²) in [6, 6.07) is 16.8. The van der Waals surface area contributed by atoms with Crippen molar-refractivity contribution in [2.75, 3.05) is 0 Å². The molecule has 19 heavy (non-hydrogen) atoms. The molecule has 2 rings (SSSR count). The molecule has 0 heterocycles. The molecule has 0 aliphatic rings. The lowest BCUT2D eigenvalue weighted by Gasteiger charge is -2.07. The van der Waals surface area contributed by atoms with Crippen LogP contribution in [-0.4, -0.2) is 11.1 Å². The van der Waals surface area contributed by atoms with Gasteiger partial charge in [-0.2, -0.15) is 0 Å². The van der Waals surface area contributed by atoms with Crippen LogP contribution < -0.4 is 4.74 Å². The Balaban J connectivity index is 2.23. The molecule has 0 atom stereocenters. The number of carboxylic acids is 1. The van der Waals surface area contributed by atoms with E-state index < -0.39 is 5.97 Å². The van der Waals surface area contributed by atoms with Crippen LogP contribution in [0.4, 0.5) is 0 Å². The first-order chi connectivity index (χ1) is 9.15. The van der Waals surface area contributed by atoms with Crippen molar-refractivity contribution in [3.8, 4) is 11.5 Å². The number of carbonyl (C=O) groups is 1. The van der Waals surface area contributed by atoms with Crippen LogP contribution in [0.25, 0.3) is 5.57 Å². The van der Waals surface area contributed by atoms with E-state index in [2.05, 4.69) is 0 Å². The highest BCUT2D eigenvalue weighted by Crippen LogP contribution is 2.24. The third-order valence-electron chi connectivity index (χ3n) is 2.61. The summed E-state index contributed by atoms with van der Waals surface area (Å²) in [5.74, 6) is 0.480. The number of para-hydroxylation sites is 1. The molecule has 0 radical (unpaired) electrons. The molecule has 2 aromatic rings. The fourth-order valence-electron chi connectivity index (χ4n) is 1.70. The van der Waals surface area contributed by atoms with E-state index in [0.29, 0.717) is 11.3 Å². The number of ether oxygens (including phenoxy) is 1. The van der Waals surface area contributed by atoms with Crippen molar-refractivity contribution in [2.24, 2.45) is 0 Å². The van der Waals surface area contributed by atoms with Gasteiger partial charge in [0.2, 0.25) is 0 Å². The largest absolute Gasteiger partial charge is 0.478 e. The lowest BCUT2D eigenvalue weighted by Crippen LogP contribution is -1.91. The van der Waals surface area contributed by atoms with Crippen LogP contribution >= 0.6 is 0 Å². The quantitative estimate of drug-likeness (QED) is 0.840. The van der Waals surface area contributed by atoms with Crippen LogP contribution in [0.3, 0.4) is 0 Å². The normalized spacial score (nSPS) is 11.1. The molecule has 0 aromatic heterocycles. The van der Waals surface area contributed by atoms with Crippen LogP contribution in [0.2, 0.25) is 0 Å². The maximum absolute atomic E-state index is 10.7. The van der Waals surface area contributed by atoms with Crippen LogP contribution in [0.15, 0.2) is 60.7 Å². The summed E-state index contributed by atoms with van der Waals surface area (Å²) in [5, 5.41) is 8.74. The minimum atomic E-state index is -0.952. The fraction of sp³-hybridized carbons (Fsp3) is 0.0625. The Morgan fingerprint density at radius 1 is 1.05 bits per heavy atom. The summed E-state index contributed by atoms with van der Waals surface area (Å²) in [7, 11) is 0. The van der Waals surface area contributed by atoms with Gasteiger partial charge in [0.15, 0.2) is 0 Å². The summed E-state index contributed by atoms with van der Waals surface area (Å²) in [6.07, 6.45) is 1.18. The summed E-state index contributed by atoms with van der Waals surface area (Å²) in [6.45, 7) is 1.76. The van der Waals surface area contributed by atoms with E-state index in [-0.39, 0.29) is 0 Å². The number of allylic oxidation sites excluding steroid dienone is 1. The average Bonchev–Trinajstić information content (AvgIpc) is 2.39. The van der Waals surface area contributed by atoms with Gasteiger partial charge in [0.05, 0.1) is 0 Å². The van der Waals surface area contributed by atoms with E-state index in [9.17, 15) is 4.79 Å². The second-order valence-electron chi connectivity index (χ2n) is 4.11. The van der Waals surface area contributed by atoms with Gasteiger partial charge < -0.3 is 9.84 Å². The SMILES string of the molecule is CC(=CC(=O)O)c1cccc(Oc2ccccc2)c1. The summed E-state index contributed by atoms with van der Waals surface area (Å²) in [5.41, 5.74) is 1.52. The highest BCUT2D eigenvalue weighted by Gasteiger charge is 2.02. The van der Waals surface area contributed by atoms with Gasteiger partial charge in [-0.25, -0.2) is 4.79 Å². The zero-order chi connectivity index (χ0) is 13.7. The Morgan fingerprint density at radius 2 is 1.74 bits per heavy atom. The zero-order valence-electron chi connectivity index (χ0n) is 10.5. The van der Waals surface area contributed by atoms with E-state index in [1.807, 2.05) is 54.6 Å². The van der Waals surface area contributed by atoms with Crippen molar-refractivity contribution in [1.29, 1.82) is 0 Å². The van der Waals surface area contributed by atoms with Gasteiger partial charge in [0.1, 0.15) is 11.5 Å². The van der Waals surface area contributed by atoms with E-state index in [1.54, 1.807) is 6.92 Å². The molecule has 0 spiro atoms. The van der Waals surface area contributed by atoms with Gasteiger partial charge >= 0.3 is 5.97 Å². The van der Waals surface area contributed by atoms with Crippen LogP contribution in [-0.2, 0) is 4.79 Å². The number of hydrogen-bond donors (Lipinski definition) is 1. The molecule has 96 valence electrons. The smallest absolute Gasteiger partial charge is 0.328 e. The molecular weight excluding hydrogens is 240 g/mol. The highest BCUT2D eigenvalue weighted by atomic mass is 16.5. The third kappa shape index (κ3) is 3.71. The minimum Gasteiger partial charge on any atom is -0.478 e. The highest BCUT2D eigenvalue weighted by molar-refractivity contribution is 5.89. The number of rotatable bonds is 4. The van der Waals surface area contributed by atoms with Crippen LogP contribution in [0, 0.1) is 0 Å². The molecule has 0 saturated carbocycles. The third-order valence-corrected chi connectivity index (χ3v) is 2.61. The predicted octanol–water partition coefficient (Wildman–Crippen LogP) is 3.97. The number of benzene rings is 2. The average molecular weight is 254 g/mol. The van der Waals surface area contributed by atoms with Crippen molar-refractivity contribution in [3.05, 3.63) is 66.2 Å². The first kappa shape index (κ1) is 12.9. The van der Waals surface area contributed by atoms with E-state index in [0.717, 1.165) is 11.3 Å². The number of carboxylic acid groups (broad SMARTS) is 1. The second-order valence-corrected chi connectivity index (χ2v) is 4.11. The number of hydrogen-bond acceptors (Lipinski definition) is 2.